The van der Waals surface area contributed by atoms with E-state index in [1.54, 1.807) is 31.4 Å². The van der Waals surface area contributed by atoms with E-state index in [0.717, 1.165) is 36.1 Å². The molecule has 0 aliphatic carbocycles. The van der Waals surface area contributed by atoms with Gasteiger partial charge in [0.15, 0.2) is 0 Å². The van der Waals surface area contributed by atoms with Crippen LogP contribution < -0.4 is 4.74 Å². The molecule has 1 aliphatic rings. The number of methoxy groups -OCH3 is 1. The van der Waals surface area contributed by atoms with Gasteiger partial charge in [-0.3, -0.25) is 4.79 Å². The number of rotatable bonds is 4. The lowest BCUT2D eigenvalue weighted by Gasteiger charge is -2.33. The number of hydrogen-bond donors (Lipinski definition) is 0. The molecule has 144 valence electrons. The molecule has 1 aromatic heterocycles. The number of ether oxygens (including phenoxy) is 1. The summed E-state index contributed by atoms with van der Waals surface area (Å²) < 4.78 is 10.8. The van der Waals surface area contributed by atoms with Crippen LogP contribution in [0.4, 0.5) is 0 Å². The van der Waals surface area contributed by atoms with E-state index in [0.29, 0.717) is 23.8 Å². The van der Waals surface area contributed by atoms with Gasteiger partial charge in [0.25, 0.3) is 5.91 Å². The summed E-state index contributed by atoms with van der Waals surface area (Å²) in [4.78, 5) is 19.6. The number of aryl methyl sites for hydroxylation is 1. The SMILES string of the molecule is COc1ccc(C(=O)N2CCCCC2c2nc(-c3cccc(C)c3)no2)cc1. The highest BCUT2D eigenvalue weighted by molar-refractivity contribution is 5.94. The summed E-state index contributed by atoms with van der Waals surface area (Å²) >= 11 is 0. The van der Waals surface area contributed by atoms with E-state index in [-0.39, 0.29) is 11.9 Å². The molecule has 1 aliphatic heterocycles. The number of carbonyl (C=O) groups is 1. The first-order valence-electron chi connectivity index (χ1n) is 9.51. The highest BCUT2D eigenvalue weighted by atomic mass is 16.5. The van der Waals surface area contributed by atoms with E-state index in [2.05, 4.69) is 10.1 Å². The predicted octanol–water partition coefficient (Wildman–Crippen LogP) is 4.42. The zero-order valence-electron chi connectivity index (χ0n) is 16.1. The van der Waals surface area contributed by atoms with Crippen molar-refractivity contribution in [2.75, 3.05) is 13.7 Å². The maximum absolute atomic E-state index is 13.1. The summed E-state index contributed by atoms with van der Waals surface area (Å²) in [5, 5.41) is 4.15. The molecule has 1 saturated heterocycles. The highest BCUT2D eigenvalue weighted by Crippen LogP contribution is 2.32. The molecule has 1 amide bonds. The van der Waals surface area contributed by atoms with Crippen LogP contribution in [0.1, 0.15) is 47.1 Å². The number of nitrogens with zero attached hydrogens (tertiary/aromatic N) is 3. The lowest BCUT2D eigenvalue weighted by Crippen LogP contribution is -2.38. The maximum Gasteiger partial charge on any atom is 0.254 e. The van der Waals surface area contributed by atoms with Crippen LogP contribution in [0.2, 0.25) is 0 Å². The first-order valence-corrected chi connectivity index (χ1v) is 9.51. The quantitative estimate of drug-likeness (QED) is 0.673. The first kappa shape index (κ1) is 18.2. The number of hydrogen-bond acceptors (Lipinski definition) is 5. The Morgan fingerprint density at radius 1 is 1.18 bits per heavy atom. The van der Waals surface area contributed by atoms with Crippen molar-refractivity contribution >= 4 is 5.91 Å². The highest BCUT2D eigenvalue weighted by Gasteiger charge is 2.32. The van der Waals surface area contributed by atoms with E-state index < -0.39 is 0 Å². The summed E-state index contributed by atoms with van der Waals surface area (Å²) in [5.74, 6) is 1.76. The molecule has 6 nitrogen and oxygen atoms in total. The molecular weight excluding hydrogens is 354 g/mol. The Bertz CT molecular complexity index is 965. The Morgan fingerprint density at radius 3 is 2.75 bits per heavy atom. The largest absolute Gasteiger partial charge is 0.497 e. The number of piperidine rings is 1. The number of amides is 1. The second kappa shape index (κ2) is 7.84. The molecule has 28 heavy (non-hydrogen) atoms. The number of aromatic nitrogens is 2. The van der Waals surface area contributed by atoms with Gasteiger partial charge in [-0.05, 0) is 56.5 Å². The van der Waals surface area contributed by atoms with Crippen molar-refractivity contribution in [3.8, 4) is 17.1 Å². The number of benzene rings is 2. The molecule has 0 N–H and O–H groups in total. The van der Waals surface area contributed by atoms with Gasteiger partial charge in [-0.1, -0.05) is 28.9 Å². The molecule has 3 aromatic rings. The summed E-state index contributed by atoms with van der Waals surface area (Å²) in [6, 6.07) is 15.0. The minimum atomic E-state index is -0.200. The average molecular weight is 377 g/mol. The van der Waals surface area contributed by atoms with Crippen molar-refractivity contribution < 1.29 is 14.1 Å². The van der Waals surface area contributed by atoms with Gasteiger partial charge in [0.2, 0.25) is 11.7 Å². The lowest BCUT2D eigenvalue weighted by molar-refractivity contribution is 0.0561. The summed E-state index contributed by atoms with van der Waals surface area (Å²) in [6.07, 6.45) is 2.81. The Labute approximate surface area is 164 Å². The molecule has 2 heterocycles. The molecule has 1 fully saturated rings. The molecule has 2 aromatic carbocycles. The van der Waals surface area contributed by atoms with Crippen LogP contribution in [0.5, 0.6) is 5.75 Å². The summed E-state index contributed by atoms with van der Waals surface area (Å²) in [7, 11) is 1.61. The van der Waals surface area contributed by atoms with Crippen molar-refractivity contribution in [1.82, 2.24) is 15.0 Å². The Hall–Kier alpha value is -3.15. The van der Waals surface area contributed by atoms with Gasteiger partial charge in [0.05, 0.1) is 7.11 Å². The zero-order chi connectivity index (χ0) is 19.5. The van der Waals surface area contributed by atoms with E-state index in [1.807, 2.05) is 36.1 Å². The predicted molar refractivity (Wildman–Crippen MR) is 105 cm³/mol. The monoisotopic (exact) mass is 377 g/mol. The van der Waals surface area contributed by atoms with Gasteiger partial charge in [0, 0.05) is 17.7 Å². The van der Waals surface area contributed by atoms with E-state index in [9.17, 15) is 4.79 Å². The van der Waals surface area contributed by atoms with Gasteiger partial charge in [-0.25, -0.2) is 0 Å². The topological polar surface area (TPSA) is 68.5 Å². The Balaban J connectivity index is 1.59. The van der Waals surface area contributed by atoms with Gasteiger partial charge in [-0.15, -0.1) is 0 Å². The standard InChI is InChI=1S/C22H23N3O3/c1-15-6-5-7-17(14-15)20-23-21(28-24-20)19-8-3-4-13-25(19)22(26)16-9-11-18(27-2)12-10-16/h5-7,9-12,14,19H,3-4,8,13H2,1-2H3. The Morgan fingerprint density at radius 2 is 2.00 bits per heavy atom. The second-order valence-corrected chi connectivity index (χ2v) is 7.06. The third-order valence-corrected chi connectivity index (χ3v) is 5.10. The molecule has 1 unspecified atom stereocenters. The van der Waals surface area contributed by atoms with Crippen LogP contribution in [-0.4, -0.2) is 34.6 Å². The third kappa shape index (κ3) is 3.63. The minimum absolute atomic E-state index is 0.0253. The summed E-state index contributed by atoms with van der Waals surface area (Å²) in [5.41, 5.74) is 2.68. The van der Waals surface area contributed by atoms with E-state index in [4.69, 9.17) is 9.26 Å². The Kier molecular flexibility index (Phi) is 5.10. The maximum atomic E-state index is 13.1. The van der Waals surface area contributed by atoms with Gasteiger partial charge in [-0.2, -0.15) is 4.98 Å². The molecule has 1 atom stereocenters. The molecule has 0 spiro atoms. The van der Waals surface area contributed by atoms with Crippen molar-refractivity contribution in [3.63, 3.8) is 0 Å². The molecule has 4 rings (SSSR count). The summed E-state index contributed by atoms with van der Waals surface area (Å²) in [6.45, 7) is 2.71. The lowest BCUT2D eigenvalue weighted by atomic mass is 10.0. The normalized spacial score (nSPS) is 16.8. The average Bonchev–Trinajstić information content (AvgIpc) is 3.23. The second-order valence-electron chi connectivity index (χ2n) is 7.06. The number of carbonyl (C=O) groups excluding carboxylic acids is 1. The van der Waals surface area contributed by atoms with Crippen LogP contribution in [0.25, 0.3) is 11.4 Å². The van der Waals surface area contributed by atoms with Crippen molar-refractivity contribution in [2.24, 2.45) is 0 Å². The fraction of sp³-hybridized carbons (Fsp3) is 0.318. The zero-order valence-corrected chi connectivity index (χ0v) is 16.1. The molecule has 0 radical (unpaired) electrons. The van der Waals surface area contributed by atoms with Crippen molar-refractivity contribution in [3.05, 3.63) is 65.5 Å². The minimum Gasteiger partial charge on any atom is -0.497 e. The van der Waals surface area contributed by atoms with Crippen LogP contribution in [-0.2, 0) is 0 Å². The van der Waals surface area contributed by atoms with E-state index in [1.165, 1.54) is 0 Å². The van der Waals surface area contributed by atoms with Crippen molar-refractivity contribution in [1.29, 1.82) is 0 Å². The number of likely N-dealkylation sites (tertiary alicyclic amines) is 1. The molecule has 0 bridgehead atoms. The van der Waals surface area contributed by atoms with Gasteiger partial charge in [0.1, 0.15) is 11.8 Å². The van der Waals surface area contributed by atoms with Crippen LogP contribution in [0, 0.1) is 6.92 Å². The van der Waals surface area contributed by atoms with Gasteiger partial charge >= 0.3 is 0 Å². The van der Waals surface area contributed by atoms with Gasteiger partial charge < -0.3 is 14.2 Å². The van der Waals surface area contributed by atoms with Crippen LogP contribution >= 0.6 is 0 Å². The van der Waals surface area contributed by atoms with E-state index >= 15 is 0 Å². The smallest absolute Gasteiger partial charge is 0.254 e. The third-order valence-electron chi connectivity index (χ3n) is 5.10. The first-order chi connectivity index (χ1) is 13.7. The molecule has 6 heteroatoms. The molecule has 0 saturated carbocycles. The van der Waals surface area contributed by atoms with Crippen LogP contribution in [0.3, 0.4) is 0 Å². The molecular formula is C22H23N3O3. The van der Waals surface area contributed by atoms with Crippen LogP contribution in [0.15, 0.2) is 53.1 Å². The fourth-order valence-electron chi connectivity index (χ4n) is 3.60. The fourth-order valence-corrected chi connectivity index (χ4v) is 3.60. The van der Waals surface area contributed by atoms with Crippen molar-refractivity contribution in [2.45, 2.75) is 32.2 Å².